The van der Waals surface area contributed by atoms with Crippen molar-refractivity contribution in [1.82, 2.24) is 23.9 Å². The third kappa shape index (κ3) is 2.49. The number of aromatic nitrogens is 5. The maximum absolute atomic E-state index is 12.9. The lowest BCUT2D eigenvalue weighted by molar-refractivity contribution is -0.0980. The number of fused-ring (bicyclic) bond motifs is 2. The van der Waals surface area contributed by atoms with Crippen molar-refractivity contribution in [3.05, 3.63) is 52.7 Å². The fraction of sp³-hybridized carbons (Fsp3) is 0.222. The van der Waals surface area contributed by atoms with Gasteiger partial charge in [0.15, 0.2) is 23.7 Å². The molecule has 28 heavy (non-hydrogen) atoms. The summed E-state index contributed by atoms with van der Waals surface area (Å²) in [6.07, 6.45) is 1.90. The molecule has 10 nitrogen and oxygen atoms in total. The van der Waals surface area contributed by atoms with E-state index in [0.717, 1.165) is 5.56 Å². The fourth-order valence-corrected chi connectivity index (χ4v) is 3.24. The van der Waals surface area contributed by atoms with Gasteiger partial charge in [0.25, 0.3) is 5.56 Å². The van der Waals surface area contributed by atoms with Gasteiger partial charge < -0.3 is 19.6 Å². The van der Waals surface area contributed by atoms with Crippen molar-refractivity contribution in [2.24, 2.45) is 0 Å². The Balaban J connectivity index is 1.61. The number of aliphatic hydroxyl groups is 1. The van der Waals surface area contributed by atoms with Crippen molar-refractivity contribution >= 4 is 16.9 Å². The van der Waals surface area contributed by atoms with Crippen molar-refractivity contribution in [2.45, 2.75) is 12.5 Å². The van der Waals surface area contributed by atoms with E-state index in [4.69, 9.17) is 19.8 Å². The summed E-state index contributed by atoms with van der Waals surface area (Å²) in [5, 5.41) is 18.1. The Bertz CT molecular complexity index is 1280. The van der Waals surface area contributed by atoms with Crippen LogP contribution >= 0.6 is 0 Å². The first-order chi connectivity index (χ1) is 13.7. The highest BCUT2D eigenvalue weighted by atomic mass is 16.7. The van der Waals surface area contributed by atoms with Crippen LogP contribution in [0.15, 0.2) is 41.6 Å². The van der Waals surface area contributed by atoms with E-state index in [-0.39, 0.29) is 24.3 Å². The first-order valence-corrected chi connectivity index (χ1v) is 8.54. The fourth-order valence-electron chi connectivity index (χ4n) is 3.24. The minimum atomic E-state index is -0.708. The summed E-state index contributed by atoms with van der Waals surface area (Å²) >= 11 is 0. The van der Waals surface area contributed by atoms with Crippen LogP contribution in [0.25, 0.3) is 28.2 Å². The zero-order valence-corrected chi connectivity index (χ0v) is 14.4. The predicted octanol–water partition coefficient (Wildman–Crippen LogP) is 0.775. The van der Waals surface area contributed by atoms with Gasteiger partial charge in [-0.25, -0.2) is 9.38 Å². The third-order valence-electron chi connectivity index (χ3n) is 4.65. The van der Waals surface area contributed by atoms with Crippen molar-refractivity contribution < 1.29 is 14.6 Å². The predicted molar refractivity (Wildman–Crippen MR) is 96.2 cm³/mol. The molecule has 10 heteroatoms. The summed E-state index contributed by atoms with van der Waals surface area (Å²) in [5.41, 5.74) is 2.33. The van der Waals surface area contributed by atoms with E-state index in [1.54, 1.807) is 35.0 Å². The van der Waals surface area contributed by atoms with E-state index < -0.39 is 12.5 Å². The number of H-pyrrole nitrogens is 1. The summed E-state index contributed by atoms with van der Waals surface area (Å²) in [7, 11) is 0. The van der Waals surface area contributed by atoms with E-state index in [1.807, 2.05) is 0 Å². The molecule has 0 unspecified atom stereocenters. The lowest BCUT2D eigenvalue weighted by Crippen LogP contribution is -2.17. The average Bonchev–Trinajstić information content (AvgIpc) is 3.46. The standard InChI is InChI=1S/C18H14N6O4/c19-5-10-1-3-11(4-2-10)12-6-23-17(26)15-16(22-18(23)21-12)24(9-20-15)13-8-27-14(7-25)28-13/h1-4,6,9,13-14,25H,7-8H2,(H,21,22)/t13-,14-/m1/s1. The molecular formula is C18H14N6O4. The van der Waals surface area contributed by atoms with Crippen molar-refractivity contribution in [3.63, 3.8) is 0 Å². The highest BCUT2D eigenvalue weighted by Gasteiger charge is 2.29. The van der Waals surface area contributed by atoms with Gasteiger partial charge in [0, 0.05) is 6.20 Å². The maximum atomic E-state index is 12.9. The topological polar surface area (TPSA) is 130 Å². The molecule has 1 fully saturated rings. The Morgan fingerprint density at radius 2 is 2.18 bits per heavy atom. The SMILES string of the molecule is N#Cc1ccc(-c2cn3c(=O)c4ncn([C@H]5CO[C@@H](CO)O5)c4nc3[nH]2)cc1. The molecule has 5 rings (SSSR count). The van der Waals surface area contributed by atoms with E-state index in [0.29, 0.717) is 22.7 Å². The number of rotatable bonds is 3. The zero-order valence-electron chi connectivity index (χ0n) is 14.4. The molecular weight excluding hydrogens is 364 g/mol. The minimum Gasteiger partial charge on any atom is -0.391 e. The molecule has 0 aliphatic carbocycles. The van der Waals surface area contributed by atoms with Crippen molar-refractivity contribution in [3.8, 4) is 17.3 Å². The third-order valence-corrected chi connectivity index (χ3v) is 4.65. The summed E-state index contributed by atoms with van der Waals surface area (Å²) in [4.78, 5) is 24.7. The van der Waals surface area contributed by atoms with Gasteiger partial charge in [-0.15, -0.1) is 0 Å². The molecule has 1 aromatic carbocycles. The van der Waals surface area contributed by atoms with Gasteiger partial charge in [0.2, 0.25) is 5.78 Å². The molecule has 2 atom stereocenters. The Kier molecular flexibility index (Phi) is 3.73. The smallest absolute Gasteiger partial charge is 0.287 e. The van der Waals surface area contributed by atoms with E-state index in [2.05, 4.69) is 21.0 Å². The molecule has 3 aromatic heterocycles. The zero-order chi connectivity index (χ0) is 19.3. The lowest BCUT2D eigenvalue weighted by Gasteiger charge is -2.11. The molecule has 4 heterocycles. The Hall–Kier alpha value is -3.52. The summed E-state index contributed by atoms with van der Waals surface area (Å²) in [5.74, 6) is 0.358. The van der Waals surface area contributed by atoms with Crippen LogP contribution in [-0.4, -0.2) is 48.5 Å². The molecule has 4 aromatic rings. The molecule has 2 N–H and O–H groups in total. The number of hydrogen-bond donors (Lipinski definition) is 2. The van der Waals surface area contributed by atoms with Crippen LogP contribution in [0.3, 0.4) is 0 Å². The molecule has 1 aliphatic rings. The number of benzene rings is 1. The normalized spacial score (nSPS) is 19.4. The van der Waals surface area contributed by atoms with Crippen LogP contribution < -0.4 is 5.56 Å². The Labute approximate surface area is 157 Å². The van der Waals surface area contributed by atoms with Crippen LogP contribution in [0.5, 0.6) is 0 Å². The van der Waals surface area contributed by atoms with Crippen LogP contribution in [0, 0.1) is 11.3 Å². The summed E-state index contributed by atoms with van der Waals surface area (Å²) in [6, 6.07) is 9.08. The minimum absolute atomic E-state index is 0.207. The molecule has 0 radical (unpaired) electrons. The van der Waals surface area contributed by atoms with Gasteiger partial charge in [0.1, 0.15) is 0 Å². The van der Waals surface area contributed by atoms with Crippen LogP contribution in [0.1, 0.15) is 11.8 Å². The second-order valence-corrected chi connectivity index (χ2v) is 6.33. The quantitative estimate of drug-likeness (QED) is 0.538. The second kappa shape index (κ2) is 6.28. The number of nitriles is 1. The molecule has 1 aliphatic heterocycles. The average molecular weight is 378 g/mol. The highest BCUT2D eigenvalue weighted by molar-refractivity contribution is 5.73. The van der Waals surface area contributed by atoms with Gasteiger partial charge in [-0.2, -0.15) is 10.2 Å². The largest absolute Gasteiger partial charge is 0.391 e. The number of nitrogens with zero attached hydrogens (tertiary/aromatic N) is 5. The van der Waals surface area contributed by atoms with Gasteiger partial charge in [-0.3, -0.25) is 9.36 Å². The van der Waals surface area contributed by atoms with Crippen LogP contribution in [0.4, 0.5) is 0 Å². The Morgan fingerprint density at radius 1 is 1.36 bits per heavy atom. The number of aromatic amines is 1. The lowest BCUT2D eigenvalue weighted by atomic mass is 10.1. The molecule has 0 spiro atoms. The molecule has 0 amide bonds. The highest BCUT2D eigenvalue weighted by Crippen LogP contribution is 2.24. The summed E-state index contributed by atoms with van der Waals surface area (Å²) < 4.78 is 13.9. The van der Waals surface area contributed by atoms with Crippen LogP contribution in [-0.2, 0) is 9.47 Å². The van der Waals surface area contributed by atoms with E-state index in [9.17, 15) is 4.79 Å². The molecule has 0 saturated carbocycles. The number of imidazole rings is 2. The van der Waals surface area contributed by atoms with E-state index in [1.165, 1.54) is 10.7 Å². The van der Waals surface area contributed by atoms with Gasteiger partial charge in [-0.1, -0.05) is 12.1 Å². The first kappa shape index (κ1) is 16.6. The number of nitrogens with one attached hydrogen (secondary N) is 1. The number of aliphatic hydroxyl groups excluding tert-OH is 1. The second-order valence-electron chi connectivity index (χ2n) is 6.33. The van der Waals surface area contributed by atoms with Crippen molar-refractivity contribution in [2.75, 3.05) is 13.2 Å². The number of ether oxygens (including phenoxy) is 2. The monoisotopic (exact) mass is 378 g/mol. The van der Waals surface area contributed by atoms with Gasteiger partial charge >= 0.3 is 0 Å². The van der Waals surface area contributed by atoms with Crippen molar-refractivity contribution in [1.29, 1.82) is 5.26 Å². The molecule has 0 bridgehead atoms. The molecule has 1 saturated heterocycles. The van der Waals surface area contributed by atoms with Crippen LogP contribution in [0.2, 0.25) is 0 Å². The maximum Gasteiger partial charge on any atom is 0.287 e. The van der Waals surface area contributed by atoms with Gasteiger partial charge in [-0.05, 0) is 17.7 Å². The summed E-state index contributed by atoms with van der Waals surface area (Å²) in [6.45, 7) is -0.0347. The molecule has 140 valence electrons. The first-order valence-electron chi connectivity index (χ1n) is 8.54. The number of hydrogen-bond acceptors (Lipinski definition) is 7. The van der Waals surface area contributed by atoms with Gasteiger partial charge in [0.05, 0.1) is 36.9 Å². The van der Waals surface area contributed by atoms with E-state index >= 15 is 0 Å². The Morgan fingerprint density at radius 3 is 2.89 bits per heavy atom.